The maximum Gasteiger partial charge on any atom is 0.191 e. The molecule has 1 aromatic heterocycles. The van der Waals surface area contributed by atoms with E-state index in [0.717, 1.165) is 36.0 Å². The average molecular weight is 462 g/mol. The van der Waals surface area contributed by atoms with E-state index in [1.54, 1.807) is 0 Å². The molecule has 0 saturated heterocycles. The van der Waals surface area contributed by atoms with Crippen molar-refractivity contribution in [2.75, 3.05) is 13.7 Å². The van der Waals surface area contributed by atoms with Gasteiger partial charge in [0.05, 0.1) is 11.8 Å². The van der Waals surface area contributed by atoms with E-state index < -0.39 is 0 Å². The second-order valence-corrected chi connectivity index (χ2v) is 7.05. The molecule has 0 amide bonds. The van der Waals surface area contributed by atoms with Crippen molar-refractivity contribution in [1.29, 1.82) is 0 Å². The third kappa shape index (κ3) is 3.97. The highest BCUT2D eigenvalue weighted by Crippen LogP contribution is 2.54. The monoisotopic (exact) mass is 462 g/mol. The summed E-state index contributed by atoms with van der Waals surface area (Å²) in [6.45, 7) is 7.48. The predicted octanol–water partition coefficient (Wildman–Crippen LogP) is 3.31. The fourth-order valence-corrected chi connectivity index (χ4v) is 4.37. The minimum atomic E-state index is 0. The number of nitrogens with one attached hydrogen (secondary N) is 2. The fourth-order valence-electron chi connectivity index (χ4n) is 4.37. The first-order chi connectivity index (χ1) is 11.6. The number of aliphatic imine (C=N–C) groups is 1. The Morgan fingerprint density at radius 1 is 1.36 bits per heavy atom. The van der Waals surface area contributed by atoms with Crippen LogP contribution in [0.4, 0.5) is 0 Å². The number of rotatable bonds is 5. The van der Waals surface area contributed by atoms with Crippen molar-refractivity contribution in [3.05, 3.63) is 17.0 Å². The minimum absolute atomic E-state index is 0. The van der Waals surface area contributed by atoms with Crippen LogP contribution >= 0.6 is 24.0 Å². The molecule has 2 aliphatic carbocycles. The van der Waals surface area contributed by atoms with Crippen molar-refractivity contribution < 1.29 is 9.26 Å². The molecule has 1 heterocycles. The highest BCUT2D eigenvalue weighted by Gasteiger charge is 2.56. The highest BCUT2D eigenvalue weighted by atomic mass is 127. The van der Waals surface area contributed by atoms with Crippen LogP contribution in [-0.4, -0.2) is 36.9 Å². The van der Waals surface area contributed by atoms with E-state index in [0.29, 0.717) is 24.1 Å². The van der Waals surface area contributed by atoms with Gasteiger partial charge in [0, 0.05) is 37.2 Å². The summed E-state index contributed by atoms with van der Waals surface area (Å²) in [5.41, 5.74) is 2.34. The standard InChI is InChI=1S/C18H30N4O2.HI/c1-5-23-16-10-15(18(16)8-6-7-9-18)21-17(19-4)20-11-14-12(2)22-24-13(14)3;/h15-16H,5-11H2,1-4H3,(H2,19,20,21);1H. The molecule has 3 rings (SSSR count). The zero-order valence-electron chi connectivity index (χ0n) is 15.7. The second-order valence-electron chi connectivity index (χ2n) is 7.05. The molecule has 25 heavy (non-hydrogen) atoms. The van der Waals surface area contributed by atoms with Crippen molar-refractivity contribution in [2.45, 2.75) is 71.6 Å². The van der Waals surface area contributed by atoms with Crippen LogP contribution in [0.2, 0.25) is 0 Å². The van der Waals surface area contributed by atoms with Crippen molar-refractivity contribution in [3.63, 3.8) is 0 Å². The van der Waals surface area contributed by atoms with Gasteiger partial charge in [0.1, 0.15) is 5.76 Å². The van der Waals surface area contributed by atoms with Crippen molar-refractivity contribution in [2.24, 2.45) is 10.4 Å². The minimum Gasteiger partial charge on any atom is -0.378 e. The molecular formula is C18H31IN4O2. The number of aromatic nitrogens is 1. The zero-order chi connectivity index (χ0) is 17.2. The Kier molecular flexibility index (Phi) is 7.13. The molecule has 0 aliphatic heterocycles. The molecule has 2 N–H and O–H groups in total. The number of nitrogens with zero attached hydrogens (tertiary/aromatic N) is 2. The lowest BCUT2D eigenvalue weighted by Crippen LogP contribution is -2.65. The van der Waals surface area contributed by atoms with Gasteiger partial charge in [-0.15, -0.1) is 24.0 Å². The van der Waals surface area contributed by atoms with Crippen LogP contribution in [0, 0.1) is 19.3 Å². The lowest BCUT2D eigenvalue weighted by molar-refractivity contribution is -0.125. The Morgan fingerprint density at radius 2 is 2.08 bits per heavy atom. The van der Waals surface area contributed by atoms with Gasteiger partial charge in [-0.25, -0.2) is 0 Å². The molecule has 0 bridgehead atoms. The van der Waals surface area contributed by atoms with E-state index in [2.05, 4.69) is 27.7 Å². The van der Waals surface area contributed by atoms with Crippen LogP contribution in [0.1, 0.15) is 56.0 Å². The van der Waals surface area contributed by atoms with Crippen LogP contribution < -0.4 is 10.6 Å². The van der Waals surface area contributed by atoms with Gasteiger partial charge in [-0.05, 0) is 40.0 Å². The topological polar surface area (TPSA) is 71.7 Å². The SMILES string of the molecule is CCOC1CC(NC(=NC)NCc2c(C)noc2C)C12CCCC2.I. The Morgan fingerprint density at radius 3 is 2.64 bits per heavy atom. The smallest absolute Gasteiger partial charge is 0.191 e. The summed E-state index contributed by atoms with van der Waals surface area (Å²) in [7, 11) is 1.82. The molecule has 2 saturated carbocycles. The maximum atomic E-state index is 5.99. The molecule has 2 atom stereocenters. The van der Waals surface area contributed by atoms with Gasteiger partial charge in [-0.2, -0.15) is 0 Å². The average Bonchev–Trinajstić information content (AvgIpc) is 3.20. The van der Waals surface area contributed by atoms with Crippen LogP contribution in [0.5, 0.6) is 0 Å². The summed E-state index contributed by atoms with van der Waals surface area (Å²) in [5, 5.41) is 11.0. The highest BCUT2D eigenvalue weighted by molar-refractivity contribution is 14.0. The van der Waals surface area contributed by atoms with Crippen LogP contribution in [-0.2, 0) is 11.3 Å². The van der Waals surface area contributed by atoms with Crippen molar-refractivity contribution >= 4 is 29.9 Å². The second kappa shape index (κ2) is 8.70. The lowest BCUT2D eigenvalue weighted by Gasteiger charge is -2.54. The first-order valence-electron chi connectivity index (χ1n) is 9.11. The van der Waals surface area contributed by atoms with E-state index in [1.165, 1.54) is 25.7 Å². The Hall–Kier alpha value is -0.830. The van der Waals surface area contributed by atoms with Crippen molar-refractivity contribution in [1.82, 2.24) is 15.8 Å². The Balaban J connectivity index is 0.00000225. The molecule has 2 aliphatic rings. The van der Waals surface area contributed by atoms with Crippen LogP contribution in [0.15, 0.2) is 9.52 Å². The number of guanidine groups is 1. The third-order valence-corrected chi connectivity index (χ3v) is 5.84. The number of aryl methyl sites for hydroxylation is 2. The van der Waals surface area contributed by atoms with Gasteiger partial charge in [0.2, 0.25) is 0 Å². The van der Waals surface area contributed by atoms with Gasteiger partial charge in [-0.3, -0.25) is 4.99 Å². The maximum absolute atomic E-state index is 5.99. The molecule has 7 heteroatoms. The number of hydrogen-bond acceptors (Lipinski definition) is 4. The number of hydrogen-bond donors (Lipinski definition) is 2. The molecule has 1 spiro atoms. The van der Waals surface area contributed by atoms with E-state index in [-0.39, 0.29) is 24.0 Å². The normalized spacial score (nSPS) is 24.7. The molecule has 6 nitrogen and oxygen atoms in total. The van der Waals surface area contributed by atoms with E-state index in [9.17, 15) is 0 Å². The predicted molar refractivity (Wildman–Crippen MR) is 109 cm³/mol. The first-order valence-corrected chi connectivity index (χ1v) is 9.11. The van der Waals surface area contributed by atoms with E-state index >= 15 is 0 Å². The molecule has 2 unspecified atom stereocenters. The number of halogens is 1. The quantitative estimate of drug-likeness (QED) is 0.399. The molecule has 2 fully saturated rings. The summed E-state index contributed by atoms with van der Waals surface area (Å²) in [6.07, 6.45) is 6.62. The fraction of sp³-hybridized carbons (Fsp3) is 0.778. The summed E-state index contributed by atoms with van der Waals surface area (Å²) < 4.78 is 11.2. The summed E-state index contributed by atoms with van der Waals surface area (Å²) in [5.74, 6) is 1.71. The van der Waals surface area contributed by atoms with E-state index in [1.807, 2.05) is 20.9 Å². The Bertz CT molecular complexity index is 576. The summed E-state index contributed by atoms with van der Waals surface area (Å²) in [6, 6.07) is 0.451. The van der Waals surface area contributed by atoms with Gasteiger partial charge < -0.3 is 19.9 Å². The molecular weight excluding hydrogens is 431 g/mol. The van der Waals surface area contributed by atoms with Crippen LogP contribution in [0.25, 0.3) is 0 Å². The van der Waals surface area contributed by atoms with Gasteiger partial charge in [0.25, 0.3) is 0 Å². The molecule has 0 aromatic carbocycles. The molecule has 1 aromatic rings. The van der Waals surface area contributed by atoms with Crippen molar-refractivity contribution in [3.8, 4) is 0 Å². The molecule has 0 radical (unpaired) electrons. The largest absolute Gasteiger partial charge is 0.378 e. The summed E-state index contributed by atoms with van der Waals surface area (Å²) in [4.78, 5) is 4.40. The third-order valence-electron chi connectivity index (χ3n) is 5.84. The first kappa shape index (κ1) is 20.5. The van der Waals surface area contributed by atoms with Crippen LogP contribution in [0.3, 0.4) is 0 Å². The van der Waals surface area contributed by atoms with E-state index in [4.69, 9.17) is 9.26 Å². The van der Waals surface area contributed by atoms with Gasteiger partial charge in [0.15, 0.2) is 5.96 Å². The summed E-state index contributed by atoms with van der Waals surface area (Å²) >= 11 is 0. The van der Waals surface area contributed by atoms with Gasteiger partial charge in [-0.1, -0.05) is 18.0 Å². The number of ether oxygens (including phenoxy) is 1. The molecule has 142 valence electrons. The van der Waals surface area contributed by atoms with Gasteiger partial charge >= 0.3 is 0 Å². The lowest BCUT2D eigenvalue weighted by atomic mass is 9.60. The Labute approximate surface area is 167 Å². The zero-order valence-corrected chi connectivity index (χ0v) is 18.1.